The second kappa shape index (κ2) is 9.20. The highest BCUT2D eigenvalue weighted by atomic mass is 32.2. The highest BCUT2D eigenvalue weighted by Gasteiger charge is 2.46. The highest BCUT2D eigenvalue weighted by molar-refractivity contribution is 7.92. The molecule has 0 saturated carbocycles. The zero-order valence-electron chi connectivity index (χ0n) is 18.7. The van der Waals surface area contributed by atoms with Crippen LogP contribution >= 0.6 is 0 Å². The van der Waals surface area contributed by atoms with Crippen LogP contribution in [-0.4, -0.2) is 70.5 Å². The van der Waals surface area contributed by atoms with E-state index in [0.29, 0.717) is 23.6 Å². The van der Waals surface area contributed by atoms with Gasteiger partial charge in [-0.3, -0.25) is 9.52 Å². The van der Waals surface area contributed by atoms with Crippen LogP contribution in [0.4, 0.5) is 5.69 Å². The number of hydrogen-bond donors (Lipinski definition) is 2. The average Bonchev–Trinajstić information content (AvgIpc) is 3.16. The van der Waals surface area contributed by atoms with Crippen LogP contribution in [0.25, 0.3) is 0 Å². The van der Waals surface area contributed by atoms with E-state index in [1.807, 2.05) is 0 Å². The van der Waals surface area contributed by atoms with Crippen LogP contribution in [-0.2, 0) is 19.6 Å². The summed E-state index contributed by atoms with van der Waals surface area (Å²) in [6.45, 7) is -0.239. The van der Waals surface area contributed by atoms with Gasteiger partial charge in [-0.05, 0) is 36.8 Å². The number of sulfonamides is 1. The van der Waals surface area contributed by atoms with Gasteiger partial charge < -0.3 is 24.2 Å². The molecule has 0 bridgehead atoms. The quantitative estimate of drug-likeness (QED) is 0.628. The number of carbonyl (C=O) groups is 1. The Labute approximate surface area is 193 Å². The maximum absolute atomic E-state index is 12.9. The third kappa shape index (κ3) is 4.78. The minimum Gasteiger partial charge on any atom is -0.497 e. The molecule has 2 heterocycles. The van der Waals surface area contributed by atoms with Gasteiger partial charge in [-0.2, -0.15) is 0 Å². The summed E-state index contributed by atoms with van der Waals surface area (Å²) in [5.41, 5.74) is 1.23. The summed E-state index contributed by atoms with van der Waals surface area (Å²) in [6, 6.07) is 11.3. The zero-order chi connectivity index (χ0) is 23.8. The van der Waals surface area contributed by atoms with Gasteiger partial charge >= 0.3 is 0 Å². The fourth-order valence-electron chi connectivity index (χ4n) is 4.31. The molecule has 0 aliphatic carbocycles. The van der Waals surface area contributed by atoms with Crippen molar-refractivity contribution in [3.05, 3.63) is 48.0 Å². The molecule has 2 aromatic carbocycles. The first-order chi connectivity index (χ1) is 15.7. The second-order valence-corrected chi connectivity index (χ2v) is 10.1. The predicted octanol–water partition coefficient (Wildman–Crippen LogP) is 1.97. The molecule has 1 saturated heterocycles. The summed E-state index contributed by atoms with van der Waals surface area (Å²) in [6.07, 6.45) is -0.622. The molecule has 2 aromatic rings. The molecule has 1 fully saturated rings. The number of fused-ring (bicyclic) bond motifs is 3. The number of ether oxygens (including phenoxy) is 3. The van der Waals surface area contributed by atoms with E-state index in [0.717, 1.165) is 5.56 Å². The van der Waals surface area contributed by atoms with Crippen molar-refractivity contribution < 1.29 is 32.5 Å². The van der Waals surface area contributed by atoms with Crippen LogP contribution in [0.1, 0.15) is 24.3 Å². The van der Waals surface area contributed by atoms with Crippen molar-refractivity contribution in [1.29, 1.82) is 0 Å². The van der Waals surface area contributed by atoms with E-state index < -0.39 is 22.2 Å². The maximum Gasteiger partial charge on any atom is 0.262 e. The molecule has 2 N–H and O–H groups in total. The van der Waals surface area contributed by atoms with Crippen molar-refractivity contribution in [2.45, 2.75) is 42.0 Å². The largest absolute Gasteiger partial charge is 0.497 e. The summed E-state index contributed by atoms with van der Waals surface area (Å²) in [5.74, 6) is 0.871. The smallest absolute Gasteiger partial charge is 0.262 e. The first-order valence-electron chi connectivity index (χ1n) is 10.7. The number of aliphatic hydroxyl groups is 1. The van der Waals surface area contributed by atoms with Gasteiger partial charge in [0.05, 0.1) is 31.1 Å². The lowest BCUT2D eigenvalue weighted by atomic mass is 9.84. The molecule has 2 aliphatic heterocycles. The van der Waals surface area contributed by atoms with E-state index in [1.165, 1.54) is 24.1 Å². The first-order valence-corrected chi connectivity index (χ1v) is 12.1. The molecule has 9 nitrogen and oxygen atoms in total. The van der Waals surface area contributed by atoms with Gasteiger partial charge in [0.15, 0.2) is 0 Å². The third-order valence-corrected chi connectivity index (χ3v) is 7.38. The molecule has 33 heavy (non-hydrogen) atoms. The molecule has 2 aliphatic rings. The minimum atomic E-state index is -3.83. The molecule has 0 radical (unpaired) electrons. The monoisotopic (exact) mass is 476 g/mol. The minimum absolute atomic E-state index is 0.0610. The summed E-state index contributed by atoms with van der Waals surface area (Å²) in [7, 11) is 1.02. The number of nitrogens with one attached hydrogen (secondary N) is 1. The average molecular weight is 477 g/mol. The third-order valence-electron chi connectivity index (χ3n) is 6.00. The van der Waals surface area contributed by atoms with Gasteiger partial charge in [-0.15, -0.1) is 0 Å². The van der Waals surface area contributed by atoms with Crippen LogP contribution in [0.15, 0.2) is 47.4 Å². The Kier molecular flexibility index (Phi) is 6.51. The van der Waals surface area contributed by atoms with E-state index in [-0.39, 0.29) is 35.9 Å². The van der Waals surface area contributed by atoms with E-state index in [4.69, 9.17) is 14.2 Å². The molecule has 4 atom stereocenters. The Bertz CT molecular complexity index is 1140. The van der Waals surface area contributed by atoms with Crippen LogP contribution in [0, 0.1) is 0 Å². The van der Waals surface area contributed by atoms with Gasteiger partial charge in [0.25, 0.3) is 10.0 Å². The standard InChI is InChI=1S/C23H28N2O7S/c1-25(2)22(27)12-16-11-19-18-9-14(7-8-20(18)32-23(19)21(13-26)31-16)24-33(28,29)17-6-4-5-15(10-17)30-3/h4-10,16,19,21,23-24,26H,11-13H2,1-3H3/t16-,19-,21-,23+/m0/s1. The molecule has 4 rings (SSSR count). The number of rotatable bonds is 7. The van der Waals surface area contributed by atoms with Crippen LogP contribution in [0.3, 0.4) is 0 Å². The predicted molar refractivity (Wildman–Crippen MR) is 121 cm³/mol. The van der Waals surface area contributed by atoms with Crippen molar-refractivity contribution >= 4 is 21.6 Å². The fourth-order valence-corrected chi connectivity index (χ4v) is 5.40. The lowest BCUT2D eigenvalue weighted by Gasteiger charge is -2.37. The van der Waals surface area contributed by atoms with Gasteiger partial charge in [0.1, 0.15) is 23.7 Å². The number of nitrogens with zero attached hydrogens (tertiary/aromatic N) is 1. The highest BCUT2D eigenvalue weighted by Crippen LogP contribution is 2.47. The van der Waals surface area contributed by atoms with Gasteiger partial charge in [-0.1, -0.05) is 6.07 Å². The van der Waals surface area contributed by atoms with E-state index in [9.17, 15) is 18.3 Å². The van der Waals surface area contributed by atoms with Crippen molar-refractivity contribution in [2.24, 2.45) is 0 Å². The number of methoxy groups -OCH3 is 1. The molecule has 10 heteroatoms. The molecule has 178 valence electrons. The summed E-state index contributed by atoms with van der Waals surface area (Å²) >= 11 is 0. The number of amides is 1. The summed E-state index contributed by atoms with van der Waals surface area (Å²) in [4.78, 5) is 13.8. The molecule has 0 unspecified atom stereocenters. The normalized spacial score (nSPS) is 23.8. The van der Waals surface area contributed by atoms with Crippen LogP contribution in [0.5, 0.6) is 11.5 Å². The Morgan fingerprint density at radius 1 is 1.24 bits per heavy atom. The SMILES string of the molecule is COc1cccc(S(=O)(=O)Nc2ccc3c(c2)[C@@H]2C[C@@H](CC(=O)N(C)C)O[C@@H](CO)[C@@H]2O3)c1. The summed E-state index contributed by atoms with van der Waals surface area (Å²) < 4.78 is 45.5. The first kappa shape index (κ1) is 23.3. The van der Waals surface area contributed by atoms with Gasteiger partial charge in [0.2, 0.25) is 5.91 Å². The van der Waals surface area contributed by atoms with Crippen LogP contribution < -0.4 is 14.2 Å². The number of aliphatic hydroxyl groups excluding tert-OH is 1. The van der Waals surface area contributed by atoms with E-state index in [2.05, 4.69) is 4.72 Å². The Morgan fingerprint density at radius 2 is 2.03 bits per heavy atom. The van der Waals surface area contributed by atoms with Crippen LogP contribution in [0.2, 0.25) is 0 Å². The van der Waals surface area contributed by atoms with Crippen molar-refractivity contribution in [3.63, 3.8) is 0 Å². The number of hydrogen-bond acceptors (Lipinski definition) is 7. The second-order valence-electron chi connectivity index (χ2n) is 8.43. The molecular formula is C23H28N2O7S. The molecule has 1 amide bonds. The molecular weight excluding hydrogens is 448 g/mol. The van der Waals surface area contributed by atoms with Gasteiger partial charge in [0, 0.05) is 37.3 Å². The van der Waals surface area contributed by atoms with E-state index in [1.54, 1.807) is 44.4 Å². The van der Waals surface area contributed by atoms with Crippen molar-refractivity contribution in [2.75, 3.05) is 32.5 Å². The molecule has 0 aromatic heterocycles. The number of benzene rings is 2. The topological polar surface area (TPSA) is 114 Å². The Hall–Kier alpha value is -2.82. The van der Waals surface area contributed by atoms with Crippen molar-refractivity contribution in [3.8, 4) is 11.5 Å². The Balaban J connectivity index is 1.58. The fraction of sp³-hybridized carbons (Fsp3) is 0.435. The number of anilines is 1. The van der Waals surface area contributed by atoms with Gasteiger partial charge in [-0.25, -0.2) is 8.42 Å². The lowest BCUT2D eigenvalue weighted by Crippen LogP contribution is -2.47. The molecule has 0 spiro atoms. The maximum atomic E-state index is 12.9. The zero-order valence-corrected chi connectivity index (χ0v) is 19.5. The Morgan fingerprint density at radius 3 is 2.73 bits per heavy atom. The van der Waals surface area contributed by atoms with E-state index >= 15 is 0 Å². The van der Waals surface area contributed by atoms with Crippen molar-refractivity contribution in [1.82, 2.24) is 4.90 Å². The number of carbonyl (C=O) groups excluding carboxylic acids is 1. The lowest BCUT2D eigenvalue weighted by molar-refractivity contribution is -0.147. The summed E-state index contributed by atoms with van der Waals surface area (Å²) in [5, 5.41) is 9.85.